The summed E-state index contributed by atoms with van der Waals surface area (Å²) in [7, 11) is -0.474. The first-order valence-electron chi connectivity index (χ1n) is 5.41. The predicted molar refractivity (Wildman–Crippen MR) is 71.8 cm³/mol. The Morgan fingerprint density at radius 1 is 1.33 bits per heavy atom. The molecule has 1 aromatic rings. The lowest BCUT2D eigenvalue weighted by Crippen LogP contribution is -2.35. The van der Waals surface area contributed by atoms with Crippen molar-refractivity contribution in [2.75, 3.05) is 20.6 Å². The Bertz CT molecular complexity index is 556. The van der Waals surface area contributed by atoms with E-state index in [9.17, 15) is 8.42 Å². The highest BCUT2D eigenvalue weighted by Gasteiger charge is 2.12. The van der Waals surface area contributed by atoms with Crippen LogP contribution in [-0.2, 0) is 16.8 Å². The van der Waals surface area contributed by atoms with Crippen molar-refractivity contribution in [3.05, 3.63) is 35.4 Å². The lowest BCUT2D eigenvalue weighted by atomic mass is 10.1. The van der Waals surface area contributed by atoms with Crippen LogP contribution in [0.5, 0.6) is 0 Å². The molecule has 0 aliphatic heterocycles. The Kier molecular flexibility index (Phi) is 5.31. The molecule has 0 bridgehead atoms. The third-order valence-corrected chi connectivity index (χ3v) is 3.74. The number of hydrogen-bond donors (Lipinski definition) is 2. The Morgan fingerprint density at radius 3 is 2.61 bits per heavy atom. The summed E-state index contributed by atoms with van der Waals surface area (Å²) in [6, 6.07) is 7.36. The van der Waals surface area contributed by atoms with Gasteiger partial charge in [-0.2, -0.15) is 17.4 Å². The Hall–Kier alpha value is -1.39. The van der Waals surface area contributed by atoms with E-state index in [1.807, 2.05) is 24.3 Å². The normalized spacial score (nSPS) is 11.1. The first kappa shape index (κ1) is 14.7. The van der Waals surface area contributed by atoms with E-state index in [0.717, 1.165) is 15.4 Å². The summed E-state index contributed by atoms with van der Waals surface area (Å²) in [6.07, 6.45) is 0. The SMILES string of the molecule is CN(C)S(=O)(=O)NCc1ccccc1C#CCN. The van der Waals surface area contributed by atoms with Gasteiger partial charge in [0.2, 0.25) is 0 Å². The van der Waals surface area contributed by atoms with Gasteiger partial charge in [-0.1, -0.05) is 30.0 Å². The van der Waals surface area contributed by atoms with Gasteiger partial charge in [0, 0.05) is 26.2 Å². The molecule has 1 aromatic carbocycles. The van der Waals surface area contributed by atoms with Gasteiger partial charge in [-0.25, -0.2) is 0 Å². The third kappa shape index (κ3) is 4.13. The molecule has 0 radical (unpaired) electrons. The van der Waals surface area contributed by atoms with Crippen molar-refractivity contribution in [1.29, 1.82) is 0 Å². The molecule has 0 aliphatic rings. The first-order valence-corrected chi connectivity index (χ1v) is 6.85. The number of rotatable bonds is 4. The summed E-state index contributed by atoms with van der Waals surface area (Å²) in [4.78, 5) is 0. The van der Waals surface area contributed by atoms with Crippen molar-refractivity contribution in [1.82, 2.24) is 9.03 Å². The van der Waals surface area contributed by atoms with Crippen LogP contribution in [0.15, 0.2) is 24.3 Å². The molecular weight excluding hydrogens is 250 g/mol. The van der Waals surface area contributed by atoms with E-state index in [1.165, 1.54) is 14.1 Å². The molecule has 5 nitrogen and oxygen atoms in total. The molecule has 0 aromatic heterocycles. The maximum Gasteiger partial charge on any atom is 0.279 e. The van der Waals surface area contributed by atoms with Crippen molar-refractivity contribution < 1.29 is 8.42 Å². The smallest absolute Gasteiger partial charge is 0.279 e. The van der Waals surface area contributed by atoms with Crippen molar-refractivity contribution in [3.63, 3.8) is 0 Å². The number of hydrogen-bond acceptors (Lipinski definition) is 3. The molecule has 0 atom stereocenters. The molecule has 0 spiro atoms. The molecular formula is C12H17N3O2S. The van der Waals surface area contributed by atoms with E-state index in [0.29, 0.717) is 0 Å². The van der Waals surface area contributed by atoms with Crippen LogP contribution < -0.4 is 10.5 Å². The zero-order chi connectivity index (χ0) is 13.6. The molecule has 6 heteroatoms. The van der Waals surface area contributed by atoms with Crippen molar-refractivity contribution in [2.24, 2.45) is 5.73 Å². The second-order valence-corrected chi connectivity index (χ2v) is 5.74. The second kappa shape index (κ2) is 6.52. The van der Waals surface area contributed by atoms with Gasteiger partial charge in [0.25, 0.3) is 10.2 Å². The summed E-state index contributed by atoms with van der Waals surface area (Å²) >= 11 is 0. The standard InChI is InChI=1S/C12H17N3O2S/c1-15(2)18(16,17)14-10-12-7-4-3-6-11(12)8-5-9-13/h3-4,6-7,14H,9-10,13H2,1-2H3. The van der Waals surface area contributed by atoms with E-state index in [4.69, 9.17) is 5.73 Å². The zero-order valence-electron chi connectivity index (χ0n) is 10.5. The van der Waals surface area contributed by atoms with Gasteiger partial charge in [-0.3, -0.25) is 0 Å². The Labute approximate surface area is 108 Å². The minimum Gasteiger partial charge on any atom is -0.320 e. The topological polar surface area (TPSA) is 75.4 Å². The molecule has 0 unspecified atom stereocenters. The highest BCUT2D eigenvalue weighted by Crippen LogP contribution is 2.07. The quantitative estimate of drug-likeness (QED) is 0.748. The number of benzene rings is 1. The molecule has 0 amide bonds. The van der Waals surface area contributed by atoms with E-state index >= 15 is 0 Å². The maximum atomic E-state index is 11.6. The summed E-state index contributed by atoms with van der Waals surface area (Å²) in [6.45, 7) is 0.480. The van der Waals surface area contributed by atoms with Gasteiger partial charge in [-0.15, -0.1) is 0 Å². The van der Waals surface area contributed by atoms with Crippen LogP contribution in [0, 0.1) is 11.8 Å². The molecule has 0 heterocycles. The third-order valence-electron chi connectivity index (χ3n) is 2.27. The highest BCUT2D eigenvalue weighted by atomic mass is 32.2. The van der Waals surface area contributed by atoms with Crippen LogP contribution in [0.3, 0.4) is 0 Å². The number of nitrogens with zero attached hydrogens (tertiary/aromatic N) is 1. The molecule has 3 N–H and O–H groups in total. The Morgan fingerprint density at radius 2 is 2.00 bits per heavy atom. The van der Waals surface area contributed by atoms with Crippen LogP contribution in [0.2, 0.25) is 0 Å². The van der Waals surface area contributed by atoms with Crippen molar-refractivity contribution in [3.8, 4) is 11.8 Å². The first-order chi connectivity index (χ1) is 8.47. The van der Waals surface area contributed by atoms with E-state index in [-0.39, 0.29) is 13.1 Å². The van der Waals surface area contributed by atoms with Gasteiger partial charge in [0.05, 0.1) is 6.54 Å². The van der Waals surface area contributed by atoms with Gasteiger partial charge in [0.1, 0.15) is 0 Å². The lowest BCUT2D eigenvalue weighted by Gasteiger charge is -2.12. The fourth-order valence-electron chi connectivity index (χ4n) is 1.24. The Balaban J connectivity index is 2.86. The molecule has 0 fully saturated rings. The van der Waals surface area contributed by atoms with Gasteiger partial charge in [0.15, 0.2) is 0 Å². The van der Waals surface area contributed by atoms with Crippen LogP contribution in [0.25, 0.3) is 0 Å². The summed E-state index contributed by atoms with van der Waals surface area (Å²) in [5.74, 6) is 5.67. The average Bonchev–Trinajstić information content (AvgIpc) is 2.34. The number of nitrogens with one attached hydrogen (secondary N) is 1. The van der Waals surface area contributed by atoms with Crippen LogP contribution >= 0.6 is 0 Å². The fraction of sp³-hybridized carbons (Fsp3) is 0.333. The molecule has 0 saturated carbocycles. The maximum absolute atomic E-state index is 11.6. The van der Waals surface area contributed by atoms with Crippen LogP contribution in [0.4, 0.5) is 0 Å². The molecule has 1 rings (SSSR count). The monoisotopic (exact) mass is 267 g/mol. The molecule has 18 heavy (non-hydrogen) atoms. The second-order valence-electron chi connectivity index (χ2n) is 3.77. The molecule has 98 valence electrons. The van der Waals surface area contributed by atoms with Crippen molar-refractivity contribution >= 4 is 10.2 Å². The van der Waals surface area contributed by atoms with E-state index in [1.54, 1.807) is 0 Å². The fourth-order valence-corrected chi connectivity index (χ4v) is 1.84. The molecule has 0 aliphatic carbocycles. The predicted octanol–water partition coefficient (Wildman–Crippen LogP) is -0.107. The minimum absolute atomic E-state index is 0.204. The summed E-state index contributed by atoms with van der Waals surface area (Å²) < 4.78 is 26.8. The number of nitrogens with two attached hydrogens (primary N) is 1. The van der Waals surface area contributed by atoms with Gasteiger partial charge < -0.3 is 5.73 Å². The van der Waals surface area contributed by atoms with Gasteiger partial charge >= 0.3 is 0 Å². The summed E-state index contributed by atoms with van der Waals surface area (Å²) in [5, 5.41) is 0. The van der Waals surface area contributed by atoms with Crippen LogP contribution in [-0.4, -0.2) is 33.4 Å². The molecule has 0 saturated heterocycles. The van der Waals surface area contributed by atoms with E-state index < -0.39 is 10.2 Å². The highest BCUT2D eigenvalue weighted by molar-refractivity contribution is 7.87. The van der Waals surface area contributed by atoms with Crippen LogP contribution in [0.1, 0.15) is 11.1 Å². The largest absolute Gasteiger partial charge is 0.320 e. The van der Waals surface area contributed by atoms with Gasteiger partial charge in [-0.05, 0) is 11.6 Å². The van der Waals surface area contributed by atoms with E-state index in [2.05, 4.69) is 16.6 Å². The minimum atomic E-state index is -3.42. The van der Waals surface area contributed by atoms with Crippen molar-refractivity contribution in [2.45, 2.75) is 6.54 Å². The average molecular weight is 267 g/mol. The summed E-state index contributed by atoms with van der Waals surface area (Å²) in [5.41, 5.74) is 6.92. The lowest BCUT2D eigenvalue weighted by molar-refractivity contribution is 0.505. The zero-order valence-corrected chi connectivity index (χ0v) is 11.3.